The van der Waals surface area contributed by atoms with E-state index in [1.54, 1.807) is 0 Å². The maximum Gasteiger partial charge on any atom is 0.258 e. The molecule has 0 saturated carbocycles. The van der Waals surface area contributed by atoms with Gasteiger partial charge in [-0.3, -0.25) is 0 Å². The Morgan fingerprint density at radius 2 is 1.39 bits per heavy atom. The lowest BCUT2D eigenvalue weighted by Gasteiger charge is -2.42. The van der Waals surface area contributed by atoms with Crippen molar-refractivity contribution in [2.75, 3.05) is 0 Å². The van der Waals surface area contributed by atoms with E-state index >= 15 is 0 Å². The Hall–Kier alpha value is -1.27. The standard InChI is InChI=1S/C27H48O2Si2/c1-13-14-25(29-31(21(2)3,22(4)5)23(6)7)18-15-24-16-19-26(20-17-24)28-30(11,12)27(8,9)10/h13-14,16-23H,15H2,1-12H3/b14-13+,25-18-. The van der Waals surface area contributed by atoms with E-state index in [0.29, 0.717) is 16.6 Å². The van der Waals surface area contributed by atoms with Crippen LogP contribution in [0.4, 0.5) is 0 Å². The van der Waals surface area contributed by atoms with Gasteiger partial charge < -0.3 is 8.85 Å². The average molecular weight is 461 g/mol. The van der Waals surface area contributed by atoms with Gasteiger partial charge in [0, 0.05) is 0 Å². The molecule has 0 fully saturated rings. The van der Waals surface area contributed by atoms with Gasteiger partial charge in [-0.25, -0.2) is 0 Å². The summed E-state index contributed by atoms with van der Waals surface area (Å²) in [5.74, 6) is 2.00. The van der Waals surface area contributed by atoms with Crippen molar-refractivity contribution in [2.45, 2.75) is 110 Å². The van der Waals surface area contributed by atoms with Crippen molar-refractivity contribution in [1.82, 2.24) is 0 Å². The summed E-state index contributed by atoms with van der Waals surface area (Å²) in [6.45, 7) is 27.5. The smallest absolute Gasteiger partial charge is 0.258 e. The summed E-state index contributed by atoms with van der Waals surface area (Å²) >= 11 is 0. The second-order valence-electron chi connectivity index (χ2n) is 11.2. The minimum atomic E-state index is -1.95. The van der Waals surface area contributed by atoms with E-state index in [2.05, 4.69) is 125 Å². The topological polar surface area (TPSA) is 18.5 Å². The second kappa shape index (κ2) is 11.0. The highest BCUT2D eigenvalue weighted by Gasteiger charge is 2.47. The van der Waals surface area contributed by atoms with Crippen LogP contribution in [0.25, 0.3) is 0 Å². The van der Waals surface area contributed by atoms with E-state index in [9.17, 15) is 0 Å². The molecular weight excluding hydrogens is 412 g/mol. The van der Waals surface area contributed by atoms with E-state index < -0.39 is 16.6 Å². The molecule has 31 heavy (non-hydrogen) atoms. The van der Waals surface area contributed by atoms with Crippen LogP contribution in [0, 0.1) is 0 Å². The Balaban J connectivity index is 3.05. The molecular formula is C27H48O2Si2. The maximum atomic E-state index is 6.91. The Bertz CT molecular complexity index is 714. The molecule has 0 atom stereocenters. The van der Waals surface area contributed by atoms with Gasteiger partial charge in [0.1, 0.15) is 5.75 Å². The number of rotatable bonds is 10. The lowest BCUT2D eigenvalue weighted by Crippen LogP contribution is -2.47. The van der Waals surface area contributed by atoms with Crippen LogP contribution in [0.2, 0.25) is 34.8 Å². The normalized spacial score (nSPS) is 14.2. The molecule has 1 rings (SSSR count). The summed E-state index contributed by atoms with van der Waals surface area (Å²) in [7, 11) is -3.76. The van der Waals surface area contributed by atoms with Crippen molar-refractivity contribution in [3.63, 3.8) is 0 Å². The molecule has 0 amide bonds. The zero-order chi connectivity index (χ0) is 24.0. The number of benzene rings is 1. The summed E-state index contributed by atoms with van der Waals surface area (Å²) in [6, 6.07) is 8.61. The minimum Gasteiger partial charge on any atom is -0.544 e. The summed E-state index contributed by atoms with van der Waals surface area (Å²) in [6.07, 6.45) is 7.32. The van der Waals surface area contributed by atoms with E-state index in [0.717, 1.165) is 17.9 Å². The first-order valence-corrected chi connectivity index (χ1v) is 17.0. The minimum absolute atomic E-state index is 0.201. The van der Waals surface area contributed by atoms with Crippen molar-refractivity contribution < 1.29 is 8.85 Å². The van der Waals surface area contributed by atoms with Crippen LogP contribution in [-0.2, 0) is 10.8 Å². The van der Waals surface area contributed by atoms with Crippen LogP contribution >= 0.6 is 0 Å². The van der Waals surface area contributed by atoms with Gasteiger partial charge in [0.2, 0.25) is 8.32 Å². The SMILES string of the molecule is C/C=C/C(=C/Cc1ccc(O[Si](C)(C)C(C)(C)C)cc1)O[Si](C(C)C)(C(C)C)C(C)C. The molecule has 176 valence electrons. The highest BCUT2D eigenvalue weighted by Crippen LogP contribution is 2.43. The van der Waals surface area contributed by atoms with Gasteiger partial charge >= 0.3 is 0 Å². The molecule has 0 N–H and O–H groups in total. The van der Waals surface area contributed by atoms with Gasteiger partial charge in [-0.05, 0) is 77.9 Å². The highest BCUT2D eigenvalue weighted by atomic mass is 28.4. The molecule has 0 aliphatic rings. The van der Waals surface area contributed by atoms with Gasteiger partial charge in [0.15, 0.2) is 0 Å². The van der Waals surface area contributed by atoms with Crippen molar-refractivity contribution in [1.29, 1.82) is 0 Å². The fraction of sp³-hybridized carbons (Fsp3) is 0.630. The zero-order valence-corrected chi connectivity index (χ0v) is 24.3. The molecule has 0 unspecified atom stereocenters. The molecule has 0 aliphatic heterocycles. The van der Waals surface area contributed by atoms with Gasteiger partial charge in [-0.1, -0.05) is 80.5 Å². The molecule has 0 aromatic heterocycles. The third-order valence-electron chi connectivity index (χ3n) is 6.97. The van der Waals surface area contributed by atoms with E-state index in [1.807, 2.05) is 0 Å². The van der Waals surface area contributed by atoms with Crippen LogP contribution < -0.4 is 4.43 Å². The third kappa shape index (κ3) is 7.11. The fourth-order valence-electron chi connectivity index (χ4n) is 4.23. The lowest BCUT2D eigenvalue weighted by molar-refractivity contribution is 0.385. The molecule has 0 saturated heterocycles. The van der Waals surface area contributed by atoms with Crippen LogP contribution in [0.5, 0.6) is 5.75 Å². The van der Waals surface area contributed by atoms with Gasteiger partial charge in [0.25, 0.3) is 8.32 Å². The lowest BCUT2D eigenvalue weighted by atomic mass is 10.1. The Morgan fingerprint density at radius 3 is 1.77 bits per heavy atom. The van der Waals surface area contributed by atoms with E-state index in [1.165, 1.54) is 5.56 Å². The largest absolute Gasteiger partial charge is 0.544 e. The average Bonchev–Trinajstić information content (AvgIpc) is 2.63. The highest BCUT2D eigenvalue weighted by molar-refractivity contribution is 6.78. The Labute approximate surface area is 195 Å². The van der Waals surface area contributed by atoms with E-state index in [-0.39, 0.29) is 5.04 Å². The summed E-state index contributed by atoms with van der Waals surface area (Å²) in [4.78, 5) is 0. The molecule has 2 nitrogen and oxygen atoms in total. The third-order valence-corrected chi connectivity index (χ3v) is 17.3. The Kier molecular flexibility index (Phi) is 9.89. The van der Waals surface area contributed by atoms with Crippen LogP contribution in [0.15, 0.2) is 48.3 Å². The summed E-state index contributed by atoms with van der Waals surface area (Å²) < 4.78 is 13.3. The van der Waals surface area contributed by atoms with Crippen molar-refractivity contribution >= 4 is 16.6 Å². The number of allylic oxidation sites excluding steroid dienone is 3. The number of hydrogen-bond acceptors (Lipinski definition) is 2. The summed E-state index contributed by atoms with van der Waals surface area (Å²) in [5, 5.41) is 0.201. The van der Waals surface area contributed by atoms with Crippen molar-refractivity contribution in [2.24, 2.45) is 0 Å². The van der Waals surface area contributed by atoms with Crippen LogP contribution in [-0.4, -0.2) is 16.6 Å². The molecule has 1 aromatic carbocycles. The monoisotopic (exact) mass is 460 g/mol. The van der Waals surface area contributed by atoms with Crippen molar-refractivity contribution in [3.05, 3.63) is 53.8 Å². The first kappa shape index (κ1) is 27.8. The predicted octanol–water partition coefficient (Wildman–Crippen LogP) is 9.27. The molecule has 0 heterocycles. The molecule has 4 heteroatoms. The maximum absolute atomic E-state index is 6.91. The van der Waals surface area contributed by atoms with Crippen molar-refractivity contribution in [3.8, 4) is 5.75 Å². The van der Waals surface area contributed by atoms with Crippen LogP contribution in [0.3, 0.4) is 0 Å². The molecule has 0 spiro atoms. The van der Waals surface area contributed by atoms with E-state index in [4.69, 9.17) is 8.85 Å². The van der Waals surface area contributed by atoms with Gasteiger partial charge in [-0.2, -0.15) is 0 Å². The Morgan fingerprint density at radius 1 is 0.903 bits per heavy atom. The fourth-order valence-corrected chi connectivity index (χ4v) is 10.5. The molecule has 1 aromatic rings. The zero-order valence-electron chi connectivity index (χ0n) is 22.3. The quantitative estimate of drug-likeness (QED) is 0.197. The van der Waals surface area contributed by atoms with Crippen LogP contribution in [0.1, 0.15) is 74.8 Å². The summed E-state index contributed by atoms with van der Waals surface area (Å²) in [5.41, 5.74) is 2.97. The van der Waals surface area contributed by atoms with Gasteiger partial charge in [-0.15, -0.1) is 0 Å². The first-order valence-electron chi connectivity index (χ1n) is 12.0. The molecule has 0 bridgehead atoms. The van der Waals surface area contributed by atoms with Gasteiger partial charge in [0.05, 0.1) is 5.76 Å². The predicted molar refractivity (Wildman–Crippen MR) is 143 cm³/mol. The number of hydrogen-bond donors (Lipinski definition) is 0. The second-order valence-corrected chi connectivity index (χ2v) is 21.3. The molecule has 0 aliphatic carbocycles. The first-order chi connectivity index (χ1) is 14.2. The molecule has 0 radical (unpaired) electrons.